The summed E-state index contributed by atoms with van der Waals surface area (Å²) in [6.07, 6.45) is -9.79. The minimum absolute atomic E-state index is 0.0928. The summed E-state index contributed by atoms with van der Waals surface area (Å²) >= 11 is 0. The first-order valence-electron chi connectivity index (χ1n) is 21.9. The lowest BCUT2D eigenvalue weighted by atomic mass is 10.1. The smallest absolute Gasteiger partial charge is 0.413 e. The molecule has 69 heavy (non-hydrogen) atoms. The van der Waals surface area contributed by atoms with Gasteiger partial charge in [-0.15, -0.1) is 10.2 Å². The molecule has 2 fully saturated rings. The highest BCUT2D eigenvalue weighted by Crippen LogP contribution is 2.31. The van der Waals surface area contributed by atoms with E-state index < -0.39 is 48.1 Å². The number of carbonyl (C=O) groups excluding carboxylic acids is 4. The summed E-state index contributed by atoms with van der Waals surface area (Å²) in [6, 6.07) is 23.3. The maximum absolute atomic E-state index is 13.9. The molecule has 0 saturated carbocycles. The van der Waals surface area contributed by atoms with Gasteiger partial charge in [0.1, 0.15) is 11.6 Å². The maximum atomic E-state index is 13.9. The fraction of sp³-hybridized carbons (Fsp3) is 0.362. The number of anilines is 2. The van der Waals surface area contributed by atoms with Crippen LogP contribution in [0.4, 0.5) is 56.1 Å². The SMILES string of the molecule is CCN1CCN(C(=O)N(Cc2ccc(-c3nnc(C(F)(F)F)o3)cc2)c2cccc(F)c2)CC1.CCN1CCN(C(=O)N(Cc2ccc(C(=O)CNC(=O)C(F)(F)F)cc2)c2cccc(F)c2)CC1. The van der Waals surface area contributed by atoms with Gasteiger partial charge >= 0.3 is 36.2 Å². The summed E-state index contributed by atoms with van der Waals surface area (Å²) in [4.78, 5) is 60.6. The van der Waals surface area contributed by atoms with Gasteiger partial charge < -0.3 is 29.3 Å². The molecule has 2 saturated heterocycles. The number of likely N-dealkylation sites (N-methyl/N-ethyl adjacent to an activating group) is 2. The molecule has 1 N–H and O–H groups in total. The summed E-state index contributed by atoms with van der Waals surface area (Å²) < 4.78 is 108. The standard InChI is InChI=1S/C24H26F4N4O3.C23H23F4N5O2/c1-2-30-10-12-31(13-11-30)23(35)32(20-5-3-4-19(25)14-20)16-17-6-8-18(9-7-17)21(33)15-29-22(34)24(26,27)28;1-2-30-10-12-31(13-11-30)22(33)32(19-5-3-4-18(24)14-19)15-16-6-8-17(9-7-16)20-28-29-21(34-20)23(25,26)27/h3-9,14H,2,10-13,15-16H2,1H3,(H,29,34);3-9,14H,2,10-13,15H2,1H3. The van der Waals surface area contributed by atoms with E-state index in [0.717, 1.165) is 39.3 Å². The van der Waals surface area contributed by atoms with Gasteiger partial charge in [-0.1, -0.05) is 62.4 Å². The molecule has 0 unspecified atom stereocenters. The molecule has 1 aromatic heterocycles. The maximum Gasteiger partial charge on any atom is 0.471 e. The summed E-state index contributed by atoms with van der Waals surface area (Å²) in [5, 5.41) is 8.02. The number of nitrogens with one attached hydrogen (secondary N) is 1. The highest BCUT2D eigenvalue weighted by molar-refractivity contribution is 6.00. The van der Waals surface area contributed by atoms with Crippen molar-refractivity contribution in [3.63, 3.8) is 0 Å². The van der Waals surface area contributed by atoms with Crippen molar-refractivity contribution in [3.05, 3.63) is 131 Å². The van der Waals surface area contributed by atoms with Gasteiger partial charge in [-0.25, -0.2) is 18.4 Å². The van der Waals surface area contributed by atoms with Gasteiger partial charge in [0, 0.05) is 74.9 Å². The van der Waals surface area contributed by atoms with E-state index >= 15 is 0 Å². The average molecular weight is 972 g/mol. The Kier molecular flexibility index (Phi) is 17.1. The number of amides is 5. The number of halogens is 8. The zero-order valence-corrected chi connectivity index (χ0v) is 37.6. The Labute approximate surface area is 392 Å². The van der Waals surface area contributed by atoms with Gasteiger partial charge in [0.05, 0.1) is 19.6 Å². The molecule has 5 aromatic rings. The van der Waals surface area contributed by atoms with Gasteiger partial charge in [-0.05, 0) is 72.7 Å². The first-order valence-corrected chi connectivity index (χ1v) is 21.9. The van der Waals surface area contributed by atoms with Crippen LogP contribution in [0.5, 0.6) is 0 Å². The van der Waals surface area contributed by atoms with Crippen molar-refractivity contribution in [2.24, 2.45) is 0 Å². The fourth-order valence-electron chi connectivity index (χ4n) is 7.41. The summed E-state index contributed by atoms with van der Waals surface area (Å²) in [5.41, 5.74) is 2.54. The molecular weight excluding hydrogens is 923 g/mol. The third kappa shape index (κ3) is 14.1. The predicted molar refractivity (Wildman–Crippen MR) is 238 cm³/mol. The zero-order chi connectivity index (χ0) is 49.9. The molecule has 368 valence electrons. The second-order valence-corrected chi connectivity index (χ2v) is 15.9. The van der Waals surface area contributed by atoms with Crippen molar-refractivity contribution in [1.29, 1.82) is 0 Å². The molecule has 22 heteroatoms. The number of ketones is 1. The predicted octanol–water partition coefficient (Wildman–Crippen LogP) is 8.11. The Hall–Kier alpha value is -6.94. The number of rotatable bonds is 12. The Morgan fingerprint density at radius 1 is 0.623 bits per heavy atom. The van der Waals surface area contributed by atoms with Crippen LogP contribution in [0, 0.1) is 11.6 Å². The van der Waals surface area contributed by atoms with Crippen LogP contribution in [-0.2, 0) is 24.1 Å². The van der Waals surface area contributed by atoms with Gasteiger partial charge in [-0.3, -0.25) is 19.4 Å². The number of urea groups is 2. The molecular formula is C47H49F8N9O5. The van der Waals surface area contributed by atoms with E-state index in [-0.39, 0.29) is 36.6 Å². The second-order valence-electron chi connectivity index (χ2n) is 15.9. The van der Waals surface area contributed by atoms with Crippen molar-refractivity contribution in [2.75, 3.05) is 81.8 Å². The highest BCUT2D eigenvalue weighted by Gasteiger charge is 2.39. The Balaban J connectivity index is 0.000000227. The van der Waals surface area contributed by atoms with Crippen LogP contribution >= 0.6 is 0 Å². The molecule has 0 aliphatic carbocycles. The number of Topliss-reactive ketones (excluding diaryl/α,β-unsaturated/α-hetero) is 1. The number of piperazine rings is 2. The number of alkyl halides is 6. The molecule has 0 spiro atoms. The largest absolute Gasteiger partial charge is 0.471 e. The number of benzene rings is 4. The van der Waals surface area contributed by atoms with Crippen LogP contribution in [0.25, 0.3) is 11.5 Å². The topological polar surface area (TPSA) is 139 Å². The van der Waals surface area contributed by atoms with Crippen molar-refractivity contribution < 1.29 is 58.7 Å². The van der Waals surface area contributed by atoms with Crippen LogP contribution in [-0.4, -0.2) is 132 Å². The van der Waals surface area contributed by atoms with Crippen LogP contribution in [0.15, 0.2) is 101 Å². The lowest BCUT2D eigenvalue weighted by Gasteiger charge is -2.37. The van der Waals surface area contributed by atoms with E-state index in [2.05, 4.69) is 33.8 Å². The molecule has 2 aliphatic rings. The van der Waals surface area contributed by atoms with E-state index in [9.17, 15) is 54.3 Å². The van der Waals surface area contributed by atoms with Gasteiger partial charge in [0.25, 0.3) is 0 Å². The first kappa shape index (κ1) is 51.5. The quantitative estimate of drug-likeness (QED) is 0.0971. The zero-order valence-electron chi connectivity index (χ0n) is 37.6. The third-order valence-corrected chi connectivity index (χ3v) is 11.4. The molecule has 0 atom stereocenters. The summed E-state index contributed by atoms with van der Waals surface area (Å²) in [5.74, 6) is -5.51. The van der Waals surface area contributed by atoms with Gasteiger partial charge in [-0.2, -0.15) is 26.3 Å². The molecule has 3 heterocycles. The first-order chi connectivity index (χ1) is 32.8. The van der Waals surface area contributed by atoms with Crippen LogP contribution in [0.1, 0.15) is 41.2 Å². The normalized spacial score (nSPS) is 14.7. The minimum Gasteiger partial charge on any atom is -0.413 e. The van der Waals surface area contributed by atoms with Crippen molar-refractivity contribution in [1.82, 2.24) is 35.1 Å². The summed E-state index contributed by atoms with van der Waals surface area (Å²) in [6.45, 7) is 10.6. The molecule has 4 aromatic carbocycles. The summed E-state index contributed by atoms with van der Waals surface area (Å²) in [7, 11) is 0. The Bertz CT molecular complexity index is 2520. The van der Waals surface area contributed by atoms with E-state index in [1.165, 1.54) is 70.5 Å². The lowest BCUT2D eigenvalue weighted by molar-refractivity contribution is -0.173. The third-order valence-electron chi connectivity index (χ3n) is 11.4. The second kappa shape index (κ2) is 22.9. The number of carbonyl (C=O) groups is 4. The Morgan fingerprint density at radius 2 is 1.07 bits per heavy atom. The molecule has 7 rings (SSSR count). The van der Waals surface area contributed by atoms with Crippen LogP contribution in [0.3, 0.4) is 0 Å². The fourth-order valence-corrected chi connectivity index (χ4v) is 7.41. The van der Waals surface area contributed by atoms with Crippen molar-refractivity contribution >= 4 is 35.1 Å². The molecule has 2 aliphatic heterocycles. The van der Waals surface area contributed by atoms with E-state index in [4.69, 9.17) is 4.42 Å². The van der Waals surface area contributed by atoms with Gasteiger partial charge in [0.15, 0.2) is 5.78 Å². The van der Waals surface area contributed by atoms with Crippen molar-refractivity contribution in [3.8, 4) is 11.5 Å². The van der Waals surface area contributed by atoms with Crippen molar-refractivity contribution in [2.45, 2.75) is 39.3 Å². The number of nitrogens with zero attached hydrogens (tertiary/aromatic N) is 8. The number of hydrogen-bond acceptors (Lipinski definition) is 9. The lowest BCUT2D eigenvalue weighted by Crippen LogP contribution is -2.52. The monoisotopic (exact) mass is 971 g/mol. The van der Waals surface area contributed by atoms with Crippen LogP contribution < -0.4 is 15.1 Å². The van der Waals surface area contributed by atoms with Gasteiger partial charge in [0.2, 0.25) is 5.89 Å². The minimum atomic E-state index is -5.07. The molecule has 0 bridgehead atoms. The van der Waals surface area contributed by atoms with E-state index in [1.54, 1.807) is 51.5 Å². The number of aromatic nitrogens is 2. The average Bonchev–Trinajstić information content (AvgIpc) is 3.86. The molecule has 0 radical (unpaired) electrons. The number of hydrogen-bond donors (Lipinski definition) is 1. The molecule has 5 amide bonds. The Morgan fingerprint density at radius 3 is 1.46 bits per heavy atom. The highest BCUT2D eigenvalue weighted by atomic mass is 19.4. The van der Waals surface area contributed by atoms with Crippen LogP contribution in [0.2, 0.25) is 0 Å². The van der Waals surface area contributed by atoms with E-state index in [0.29, 0.717) is 54.2 Å². The molecule has 14 nitrogen and oxygen atoms in total. The van der Waals surface area contributed by atoms with E-state index in [1.807, 2.05) is 0 Å².